The zero-order valence-corrected chi connectivity index (χ0v) is 14.7. The van der Waals surface area contributed by atoms with E-state index in [1.807, 2.05) is 12.1 Å². The van der Waals surface area contributed by atoms with Crippen molar-refractivity contribution in [1.82, 2.24) is 10.2 Å². The fourth-order valence-electron chi connectivity index (χ4n) is 3.11. The molecular weight excluding hydrogens is 320 g/mol. The third kappa shape index (κ3) is 4.46. The molecule has 1 saturated heterocycles. The lowest BCUT2D eigenvalue weighted by Gasteiger charge is -2.33. The molecule has 1 N–H and O–H groups in total. The Morgan fingerprint density at radius 2 is 2.16 bits per heavy atom. The van der Waals surface area contributed by atoms with E-state index >= 15 is 0 Å². The van der Waals surface area contributed by atoms with Gasteiger partial charge in [0.25, 0.3) is 5.91 Å². The molecule has 1 unspecified atom stereocenters. The second kappa shape index (κ2) is 7.80. The van der Waals surface area contributed by atoms with Gasteiger partial charge in [0.05, 0.1) is 12.7 Å². The minimum Gasteiger partial charge on any atom is -0.422 e. The highest BCUT2D eigenvalue weighted by molar-refractivity contribution is 5.96. The van der Waals surface area contributed by atoms with Gasteiger partial charge < -0.3 is 14.5 Å². The molecule has 1 aliphatic rings. The van der Waals surface area contributed by atoms with Gasteiger partial charge in [-0.25, -0.2) is 4.79 Å². The predicted molar refractivity (Wildman–Crippen MR) is 95.8 cm³/mol. The summed E-state index contributed by atoms with van der Waals surface area (Å²) in [6.07, 6.45) is -0.0658. The van der Waals surface area contributed by atoms with Crippen molar-refractivity contribution in [3.05, 3.63) is 46.3 Å². The van der Waals surface area contributed by atoms with Gasteiger partial charge in [-0.2, -0.15) is 0 Å². The molecule has 0 radical (unpaired) electrons. The maximum Gasteiger partial charge on any atom is 0.349 e. The number of para-hydroxylation sites is 1. The van der Waals surface area contributed by atoms with Gasteiger partial charge in [0.15, 0.2) is 0 Å². The smallest absolute Gasteiger partial charge is 0.349 e. The molecule has 134 valence electrons. The number of morpholine rings is 1. The molecule has 0 bridgehead atoms. The van der Waals surface area contributed by atoms with Crippen LogP contribution >= 0.6 is 0 Å². The molecule has 2 aromatic rings. The van der Waals surface area contributed by atoms with Gasteiger partial charge in [-0.3, -0.25) is 9.69 Å². The van der Waals surface area contributed by atoms with E-state index in [2.05, 4.69) is 24.1 Å². The summed E-state index contributed by atoms with van der Waals surface area (Å²) in [5.74, 6) is 0.166. The first-order valence-electron chi connectivity index (χ1n) is 8.68. The van der Waals surface area contributed by atoms with E-state index in [-0.39, 0.29) is 11.7 Å². The molecule has 1 atom stereocenters. The highest BCUT2D eigenvalue weighted by Gasteiger charge is 2.22. The molecule has 1 aromatic heterocycles. The second-order valence-electron chi connectivity index (χ2n) is 6.84. The molecule has 1 amide bonds. The Balaban J connectivity index is 1.63. The van der Waals surface area contributed by atoms with Gasteiger partial charge in [-0.1, -0.05) is 32.0 Å². The molecule has 25 heavy (non-hydrogen) atoms. The van der Waals surface area contributed by atoms with Crippen molar-refractivity contribution in [2.75, 3.05) is 32.8 Å². The van der Waals surface area contributed by atoms with E-state index < -0.39 is 11.5 Å². The van der Waals surface area contributed by atoms with Crippen LogP contribution in [0.1, 0.15) is 24.2 Å². The fourth-order valence-corrected chi connectivity index (χ4v) is 3.11. The Hall–Kier alpha value is -2.18. The van der Waals surface area contributed by atoms with Crippen LogP contribution in [0.5, 0.6) is 0 Å². The lowest BCUT2D eigenvalue weighted by molar-refractivity contribution is -0.0295. The molecule has 3 rings (SSSR count). The van der Waals surface area contributed by atoms with Crippen molar-refractivity contribution in [2.45, 2.75) is 20.0 Å². The standard InChI is InChI=1S/C19H24N2O4/c1-13(2)11-21-7-8-24-15(12-21)10-20-18(22)16-9-14-5-3-4-6-17(14)25-19(16)23/h3-6,9,13,15H,7-8,10-12H2,1-2H3,(H,20,22). The first-order chi connectivity index (χ1) is 12.0. The number of fused-ring (bicyclic) bond motifs is 1. The summed E-state index contributed by atoms with van der Waals surface area (Å²) in [5, 5.41) is 3.52. The molecule has 1 fully saturated rings. The number of hydrogen-bond acceptors (Lipinski definition) is 5. The van der Waals surface area contributed by atoms with Crippen LogP contribution in [0.15, 0.2) is 39.5 Å². The molecule has 2 heterocycles. The van der Waals surface area contributed by atoms with Crippen LogP contribution in [-0.2, 0) is 4.74 Å². The highest BCUT2D eigenvalue weighted by Crippen LogP contribution is 2.13. The third-order valence-corrected chi connectivity index (χ3v) is 4.22. The zero-order chi connectivity index (χ0) is 17.8. The Morgan fingerprint density at radius 3 is 2.96 bits per heavy atom. The molecule has 0 spiro atoms. The molecule has 1 aliphatic heterocycles. The van der Waals surface area contributed by atoms with Gasteiger partial charge in [-0.15, -0.1) is 0 Å². The Kier molecular flexibility index (Phi) is 5.50. The van der Waals surface area contributed by atoms with Crippen molar-refractivity contribution >= 4 is 16.9 Å². The molecule has 1 aromatic carbocycles. The monoisotopic (exact) mass is 344 g/mol. The minimum absolute atomic E-state index is 0.0218. The van der Waals surface area contributed by atoms with Gasteiger partial charge in [-0.05, 0) is 18.1 Å². The number of carbonyl (C=O) groups is 1. The van der Waals surface area contributed by atoms with Crippen molar-refractivity contribution in [2.24, 2.45) is 5.92 Å². The van der Waals surface area contributed by atoms with E-state index in [9.17, 15) is 9.59 Å². The summed E-state index contributed by atoms with van der Waals surface area (Å²) in [4.78, 5) is 26.7. The van der Waals surface area contributed by atoms with E-state index in [0.717, 1.165) is 25.0 Å². The van der Waals surface area contributed by atoms with Gasteiger partial charge in [0, 0.05) is 31.6 Å². The molecule has 0 aliphatic carbocycles. The SMILES string of the molecule is CC(C)CN1CCOC(CNC(=O)c2cc3ccccc3oc2=O)C1. The number of nitrogens with one attached hydrogen (secondary N) is 1. The lowest BCUT2D eigenvalue weighted by atomic mass is 10.1. The number of ether oxygens (including phenoxy) is 1. The Bertz CT molecular complexity index is 799. The topological polar surface area (TPSA) is 71.8 Å². The molecule has 6 heteroatoms. The first-order valence-corrected chi connectivity index (χ1v) is 8.68. The van der Waals surface area contributed by atoms with Crippen LogP contribution in [0.3, 0.4) is 0 Å². The number of nitrogens with zero attached hydrogens (tertiary/aromatic N) is 1. The molecule has 6 nitrogen and oxygen atoms in total. The van der Waals surface area contributed by atoms with Crippen LogP contribution in [0.2, 0.25) is 0 Å². The predicted octanol–water partition coefficient (Wildman–Crippen LogP) is 1.88. The van der Waals surface area contributed by atoms with Gasteiger partial charge >= 0.3 is 5.63 Å². The molecular formula is C19H24N2O4. The van der Waals surface area contributed by atoms with E-state index in [1.165, 1.54) is 0 Å². The van der Waals surface area contributed by atoms with Crippen LogP contribution in [0, 0.1) is 5.92 Å². The summed E-state index contributed by atoms with van der Waals surface area (Å²) in [7, 11) is 0. The largest absolute Gasteiger partial charge is 0.422 e. The van der Waals surface area contributed by atoms with Gasteiger partial charge in [0.1, 0.15) is 11.1 Å². The fraction of sp³-hybridized carbons (Fsp3) is 0.474. The summed E-state index contributed by atoms with van der Waals surface area (Å²) >= 11 is 0. The maximum absolute atomic E-state index is 12.4. The van der Waals surface area contributed by atoms with Crippen molar-refractivity contribution in [1.29, 1.82) is 0 Å². The average molecular weight is 344 g/mol. The zero-order valence-electron chi connectivity index (χ0n) is 14.7. The molecule has 0 saturated carbocycles. The number of rotatable bonds is 5. The van der Waals surface area contributed by atoms with E-state index in [4.69, 9.17) is 9.15 Å². The van der Waals surface area contributed by atoms with Gasteiger partial charge in [0.2, 0.25) is 0 Å². The van der Waals surface area contributed by atoms with Crippen LogP contribution in [-0.4, -0.2) is 49.7 Å². The van der Waals surface area contributed by atoms with Crippen molar-refractivity contribution in [3.63, 3.8) is 0 Å². The minimum atomic E-state index is -0.623. The quantitative estimate of drug-likeness (QED) is 0.839. The average Bonchev–Trinajstić information content (AvgIpc) is 2.59. The highest BCUT2D eigenvalue weighted by atomic mass is 16.5. The van der Waals surface area contributed by atoms with E-state index in [0.29, 0.717) is 24.7 Å². The number of benzene rings is 1. The second-order valence-corrected chi connectivity index (χ2v) is 6.84. The van der Waals surface area contributed by atoms with Crippen LogP contribution in [0.4, 0.5) is 0 Å². The Morgan fingerprint density at radius 1 is 1.36 bits per heavy atom. The van der Waals surface area contributed by atoms with E-state index in [1.54, 1.807) is 18.2 Å². The Labute approximate surface area is 146 Å². The summed E-state index contributed by atoms with van der Waals surface area (Å²) in [5.41, 5.74) is -0.125. The van der Waals surface area contributed by atoms with Crippen LogP contribution < -0.4 is 10.9 Å². The first kappa shape index (κ1) is 17.6. The normalized spacial score (nSPS) is 18.6. The van der Waals surface area contributed by atoms with Crippen molar-refractivity contribution in [3.8, 4) is 0 Å². The third-order valence-electron chi connectivity index (χ3n) is 4.22. The van der Waals surface area contributed by atoms with Crippen molar-refractivity contribution < 1.29 is 13.9 Å². The number of carbonyl (C=O) groups excluding carboxylic acids is 1. The van der Waals surface area contributed by atoms with Crippen LogP contribution in [0.25, 0.3) is 11.0 Å². The number of amides is 1. The number of hydrogen-bond donors (Lipinski definition) is 1. The summed E-state index contributed by atoms with van der Waals surface area (Å²) in [6.45, 7) is 8.12. The lowest BCUT2D eigenvalue weighted by Crippen LogP contribution is -2.48. The maximum atomic E-state index is 12.4. The summed E-state index contributed by atoms with van der Waals surface area (Å²) in [6, 6.07) is 8.71. The summed E-state index contributed by atoms with van der Waals surface area (Å²) < 4.78 is 10.9.